The first-order valence-corrected chi connectivity index (χ1v) is 9.58. The zero-order chi connectivity index (χ0) is 18.6. The molecule has 0 unspecified atom stereocenters. The van der Waals surface area contributed by atoms with Gasteiger partial charge in [0.2, 0.25) is 0 Å². The van der Waals surface area contributed by atoms with Crippen molar-refractivity contribution in [1.29, 1.82) is 0 Å². The van der Waals surface area contributed by atoms with E-state index in [9.17, 15) is 4.79 Å². The molecule has 0 saturated carbocycles. The van der Waals surface area contributed by atoms with E-state index in [-0.39, 0.29) is 5.91 Å². The number of benzene rings is 2. The van der Waals surface area contributed by atoms with Crippen molar-refractivity contribution in [1.82, 2.24) is 15.2 Å². The molecule has 4 rings (SSSR count). The molecule has 0 spiro atoms. The minimum Gasteiger partial charge on any atom is -0.367 e. The number of aromatic nitrogens is 1. The average molecular weight is 362 g/mol. The number of nitrogens with one attached hydrogen (secondary N) is 2. The maximum absolute atomic E-state index is 13.0. The molecule has 1 aliphatic heterocycles. The number of H-pyrrole nitrogens is 1. The molecule has 1 amide bonds. The Hall–Kier alpha value is -2.79. The van der Waals surface area contributed by atoms with Gasteiger partial charge < -0.3 is 20.1 Å². The monoisotopic (exact) mass is 362 g/mol. The molecule has 5 heteroatoms. The van der Waals surface area contributed by atoms with Crippen LogP contribution in [-0.2, 0) is 6.42 Å². The Morgan fingerprint density at radius 1 is 1.00 bits per heavy atom. The van der Waals surface area contributed by atoms with Crippen LogP contribution in [0.4, 0.5) is 5.69 Å². The van der Waals surface area contributed by atoms with Crippen molar-refractivity contribution in [3.8, 4) is 0 Å². The number of para-hydroxylation sites is 1. The Morgan fingerprint density at radius 3 is 2.48 bits per heavy atom. The predicted octanol–water partition coefficient (Wildman–Crippen LogP) is 2.89. The normalized spacial score (nSPS) is 15.2. The fourth-order valence-corrected chi connectivity index (χ4v) is 3.70. The number of nitrogens with zero attached hydrogens (tertiary/aromatic N) is 2. The zero-order valence-electron chi connectivity index (χ0n) is 15.7. The van der Waals surface area contributed by atoms with E-state index in [0.717, 1.165) is 49.2 Å². The Bertz CT molecular complexity index is 910. The van der Waals surface area contributed by atoms with Crippen molar-refractivity contribution < 1.29 is 4.79 Å². The van der Waals surface area contributed by atoms with E-state index in [1.54, 1.807) is 0 Å². The van der Waals surface area contributed by atoms with Crippen molar-refractivity contribution in [3.63, 3.8) is 0 Å². The highest BCUT2D eigenvalue weighted by molar-refractivity contribution is 6.08. The van der Waals surface area contributed by atoms with Gasteiger partial charge in [0.05, 0.1) is 5.69 Å². The van der Waals surface area contributed by atoms with Crippen LogP contribution in [0.15, 0.2) is 54.6 Å². The molecule has 2 heterocycles. The third-order valence-electron chi connectivity index (χ3n) is 5.27. The molecule has 1 saturated heterocycles. The lowest BCUT2D eigenvalue weighted by atomic mass is 10.1. The van der Waals surface area contributed by atoms with Crippen LogP contribution in [0.2, 0.25) is 0 Å². The number of carbonyl (C=O) groups excluding carboxylic acids is 1. The Labute approximate surface area is 160 Å². The van der Waals surface area contributed by atoms with E-state index in [4.69, 9.17) is 0 Å². The second-order valence-electron chi connectivity index (χ2n) is 7.18. The van der Waals surface area contributed by atoms with Gasteiger partial charge in [-0.25, -0.2) is 0 Å². The highest BCUT2D eigenvalue weighted by Crippen LogP contribution is 2.31. The average Bonchev–Trinajstić information content (AvgIpc) is 3.09. The Balaban J connectivity index is 1.55. The van der Waals surface area contributed by atoms with Gasteiger partial charge in [0.15, 0.2) is 0 Å². The van der Waals surface area contributed by atoms with Crippen LogP contribution in [0.1, 0.15) is 16.1 Å². The van der Waals surface area contributed by atoms with E-state index in [1.807, 2.05) is 36.4 Å². The topological polar surface area (TPSA) is 51.4 Å². The Kier molecular flexibility index (Phi) is 5.12. The van der Waals surface area contributed by atoms with Gasteiger partial charge in [-0.3, -0.25) is 4.79 Å². The molecule has 140 valence electrons. The van der Waals surface area contributed by atoms with E-state index in [0.29, 0.717) is 12.2 Å². The number of hydrogen-bond acceptors (Lipinski definition) is 3. The standard InChI is InChI=1S/C22H26N4O/c1-25-13-15-26(16-14-25)21-18-9-5-6-10-19(18)24-20(21)22(27)23-12-11-17-7-3-2-4-8-17/h2-10,24H,11-16H2,1H3,(H,23,27). The maximum Gasteiger partial charge on any atom is 0.269 e. The molecule has 1 aromatic heterocycles. The first kappa shape index (κ1) is 17.6. The van der Waals surface area contributed by atoms with Crippen LogP contribution in [0.5, 0.6) is 0 Å². The molecule has 0 bridgehead atoms. The summed E-state index contributed by atoms with van der Waals surface area (Å²) in [6, 6.07) is 18.4. The third kappa shape index (κ3) is 3.83. The number of likely N-dealkylation sites (N-methyl/N-ethyl adjacent to an activating group) is 1. The molecule has 0 atom stereocenters. The Morgan fingerprint density at radius 2 is 1.70 bits per heavy atom. The van der Waals surface area contributed by atoms with Crippen molar-refractivity contribution in [2.45, 2.75) is 6.42 Å². The van der Waals surface area contributed by atoms with Gasteiger partial charge in [0, 0.05) is 43.6 Å². The lowest BCUT2D eigenvalue weighted by molar-refractivity contribution is 0.0950. The summed E-state index contributed by atoms with van der Waals surface area (Å²) in [4.78, 5) is 21.0. The highest BCUT2D eigenvalue weighted by Gasteiger charge is 2.24. The summed E-state index contributed by atoms with van der Waals surface area (Å²) in [5, 5.41) is 4.21. The van der Waals surface area contributed by atoms with Crippen LogP contribution >= 0.6 is 0 Å². The SMILES string of the molecule is CN1CCN(c2c(C(=O)NCCc3ccccc3)[nH]c3ccccc23)CC1. The van der Waals surface area contributed by atoms with E-state index >= 15 is 0 Å². The minimum absolute atomic E-state index is 0.0314. The van der Waals surface area contributed by atoms with Crippen molar-refractivity contribution in [3.05, 3.63) is 65.9 Å². The smallest absolute Gasteiger partial charge is 0.269 e. The summed E-state index contributed by atoms with van der Waals surface area (Å²) >= 11 is 0. The lowest BCUT2D eigenvalue weighted by Crippen LogP contribution is -2.45. The van der Waals surface area contributed by atoms with E-state index < -0.39 is 0 Å². The molecule has 0 aliphatic carbocycles. The summed E-state index contributed by atoms with van der Waals surface area (Å²) in [6.07, 6.45) is 0.830. The molecular formula is C22H26N4O. The molecule has 27 heavy (non-hydrogen) atoms. The molecule has 2 N–H and O–H groups in total. The van der Waals surface area contributed by atoms with Gasteiger partial charge >= 0.3 is 0 Å². The van der Waals surface area contributed by atoms with Crippen molar-refractivity contribution >= 4 is 22.5 Å². The van der Waals surface area contributed by atoms with Crippen molar-refractivity contribution in [2.75, 3.05) is 44.7 Å². The third-order valence-corrected chi connectivity index (χ3v) is 5.27. The van der Waals surface area contributed by atoms with Gasteiger partial charge in [0.1, 0.15) is 5.69 Å². The maximum atomic E-state index is 13.0. The van der Waals surface area contributed by atoms with Gasteiger partial charge in [-0.15, -0.1) is 0 Å². The lowest BCUT2D eigenvalue weighted by Gasteiger charge is -2.34. The number of rotatable bonds is 5. The highest BCUT2D eigenvalue weighted by atomic mass is 16.1. The second kappa shape index (κ2) is 7.84. The number of amides is 1. The first-order chi connectivity index (χ1) is 13.2. The number of carbonyl (C=O) groups is 1. The molecule has 0 radical (unpaired) electrons. The predicted molar refractivity (Wildman–Crippen MR) is 110 cm³/mol. The quantitative estimate of drug-likeness (QED) is 0.734. The van der Waals surface area contributed by atoms with E-state index in [1.165, 1.54) is 5.56 Å². The summed E-state index contributed by atoms with van der Waals surface area (Å²) < 4.78 is 0. The summed E-state index contributed by atoms with van der Waals surface area (Å²) in [7, 11) is 2.14. The van der Waals surface area contributed by atoms with Crippen LogP contribution in [0.25, 0.3) is 10.9 Å². The minimum atomic E-state index is -0.0314. The fraction of sp³-hybridized carbons (Fsp3) is 0.318. The van der Waals surface area contributed by atoms with E-state index in [2.05, 4.69) is 45.3 Å². The second-order valence-corrected chi connectivity index (χ2v) is 7.18. The molecule has 1 fully saturated rings. The van der Waals surface area contributed by atoms with Crippen LogP contribution in [0, 0.1) is 0 Å². The number of hydrogen-bond donors (Lipinski definition) is 2. The van der Waals surface area contributed by atoms with Gasteiger partial charge in [-0.05, 0) is 25.1 Å². The van der Waals surface area contributed by atoms with Crippen LogP contribution in [0.3, 0.4) is 0 Å². The number of anilines is 1. The summed E-state index contributed by atoms with van der Waals surface area (Å²) in [5.41, 5.74) is 3.96. The van der Waals surface area contributed by atoms with Gasteiger partial charge in [-0.2, -0.15) is 0 Å². The zero-order valence-corrected chi connectivity index (χ0v) is 15.7. The van der Waals surface area contributed by atoms with Crippen LogP contribution < -0.4 is 10.2 Å². The molecule has 5 nitrogen and oxygen atoms in total. The van der Waals surface area contributed by atoms with Crippen LogP contribution in [-0.4, -0.2) is 55.6 Å². The fourth-order valence-electron chi connectivity index (χ4n) is 3.70. The number of aromatic amines is 1. The molecule has 1 aliphatic rings. The van der Waals surface area contributed by atoms with Gasteiger partial charge in [-0.1, -0.05) is 48.5 Å². The number of fused-ring (bicyclic) bond motifs is 1. The van der Waals surface area contributed by atoms with Crippen molar-refractivity contribution in [2.24, 2.45) is 0 Å². The van der Waals surface area contributed by atoms with Gasteiger partial charge in [0.25, 0.3) is 5.91 Å². The largest absolute Gasteiger partial charge is 0.367 e. The molecule has 2 aromatic carbocycles. The summed E-state index contributed by atoms with van der Waals surface area (Å²) in [5.74, 6) is -0.0314. The first-order valence-electron chi connectivity index (χ1n) is 9.58. The number of piperazine rings is 1. The molecule has 3 aromatic rings. The summed E-state index contributed by atoms with van der Waals surface area (Å²) in [6.45, 7) is 4.51. The molecular weight excluding hydrogens is 336 g/mol.